The Hall–Kier alpha value is -6.69. The maximum Gasteiger partial charge on any atom is 0.249 e. The van der Waals surface area contributed by atoms with E-state index in [4.69, 9.17) is 30.8 Å². The first kappa shape index (κ1) is 47.8. The maximum absolute atomic E-state index is 13.9. The molecule has 4 N–H and O–H groups in total. The molecule has 0 bridgehead atoms. The van der Waals surface area contributed by atoms with E-state index in [0.29, 0.717) is 69.0 Å². The fourth-order valence-corrected chi connectivity index (χ4v) is 7.53. The van der Waals surface area contributed by atoms with Gasteiger partial charge >= 0.3 is 0 Å². The van der Waals surface area contributed by atoms with E-state index in [1.807, 2.05) is 99.6 Å². The Morgan fingerprint density at radius 3 is 2.20 bits per heavy atom. The Labute approximate surface area is 385 Å². The van der Waals surface area contributed by atoms with Gasteiger partial charge in [-0.3, -0.25) is 19.2 Å². The number of nitriles is 1. The number of carbonyl (C=O) groups is 4. The SMILES string of the molecule is CC(C)(Nc1ccc(-c2ccc(OCCCCOCC(=O)NC(C(=O)N3CCC[C@H]3C(=O)NCc3ccc(-c4cnco4)cc3)C(C)(C)C)cc2)cc1)C(=O)Nc1ccc(C#N)c(Cl)c1. The summed E-state index contributed by atoms with van der Waals surface area (Å²) in [5.74, 6) is 0.223. The average molecular weight is 902 g/mol. The van der Waals surface area contributed by atoms with Gasteiger partial charge in [0.25, 0.3) is 0 Å². The lowest BCUT2D eigenvalue weighted by Gasteiger charge is -2.35. The lowest BCUT2D eigenvalue weighted by Crippen LogP contribution is -2.58. The van der Waals surface area contributed by atoms with Gasteiger partial charge in [-0.15, -0.1) is 0 Å². The molecule has 65 heavy (non-hydrogen) atoms. The third-order valence-corrected chi connectivity index (χ3v) is 11.3. The minimum atomic E-state index is -0.947. The summed E-state index contributed by atoms with van der Waals surface area (Å²) in [6, 6.07) is 28.5. The number of nitrogens with one attached hydrogen (secondary N) is 4. The predicted molar refractivity (Wildman–Crippen MR) is 250 cm³/mol. The zero-order valence-electron chi connectivity index (χ0n) is 37.4. The van der Waals surface area contributed by atoms with Gasteiger partial charge < -0.3 is 40.1 Å². The molecule has 1 fully saturated rings. The van der Waals surface area contributed by atoms with Crippen molar-refractivity contribution in [2.24, 2.45) is 5.41 Å². The van der Waals surface area contributed by atoms with E-state index in [9.17, 15) is 19.2 Å². The largest absolute Gasteiger partial charge is 0.494 e. The summed E-state index contributed by atoms with van der Waals surface area (Å²) < 4.78 is 17.0. The lowest BCUT2D eigenvalue weighted by atomic mass is 9.85. The number of likely N-dealkylation sites (tertiary alicyclic amines) is 1. The second-order valence-corrected chi connectivity index (χ2v) is 18.0. The van der Waals surface area contributed by atoms with Gasteiger partial charge in [-0.2, -0.15) is 5.26 Å². The van der Waals surface area contributed by atoms with Crippen LogP contribution < -0.4 is 26.0 Å². The molecule has 1 aliphatic heterocycles. The van der Waals surface area contributed by atoms with Crippen LogP contribution in [0.15, 0.2) is 108 Å². The number of ether oxygens (including phenoxy) is 2. The van der Waals surface area contributed by atoms with Crippen molar-refractivity contribution in [3.05, 3.63) is 120 Å². The first-order valence-electron chi connectivity index (χ1n) is 21.7. The van der Waals surface area contributed by atoms with Gasteiger partial charge in [-0.1, -0.05) is 80.9 Å². The standard InChI is InChI=1S/C50H56ClN7O7/c1-49(2,3)45(47(61)58-24-8-9-42(58)46(60)54-29-33-10-12-36(13-11-33)43-30-53-32-65-43)56-44(59)31-63-25-6-7-26-64-40-22-17-35(18-23-40)34-14-19-38(20-15-34)57-50(4,5)48(62)55-39-21-16-37(28-52)41(51)27-39/h10-23,27,30,32,42,45,57H,6-9,24-26,29,31H2,1-5H3,(H,54,60)(H,55,62)(H,56,59)/t42-,45?/m0/s1. The second-order valence-electron chi connectivity index (χ2n) is 17.6. The molecule has 4 aromatic carbocycles. The number of rotatable bonds is 19. The number of aromatic nitrogens is 1. The normalized spacial score (nSPS) is 14.2. The molecule has 0 saturated carbocycles. The first-order chi connectivity index (χ1) is 31.1. The summed E-state index contributed by atoms with van der Waals surface area (Å²) >= 11 is 6.12. The van der Waals surface area contributed by atoms with E-state index in [2.05, 4.69) is 26.3 Å². The number of carbonyl (C=O) groups excluding carboxylic acids is 4. The fraction of sp³-hybridized carbons (Fsp3) is 0.360. The quantitative estimate of drug-likeness (QED) is 0.0587. The Bertz CT molecular complexity index is 2440. The molecule has 1 unspecified atom stereocenters. The van der Waals surface area contributed by atoms with Gasteiger partial charge in [0.2, 0.25) is 23.6 Å². The zero-order chi connectivity index (χ0) is 46.6. The van der Waals surface area contributed by atoms with Crippen LogP contribution in [0, 0.1) is 16.7 Å². The minimum absolute atomic E-state index is 0.193. The van der Waals surface area contributed by atoms with Crippen molar-refractivity contribution in [2.75, 3.05) is 37.0 Å². The van der Waals surface area contributed by atoms with E-state index in [-0.39, 0.29) is 29.4 Å². The minimum Gasteiger partial charge on any atom is -0.494 e. The molecule has 6 rings (SSSR count). The summed E-state index contributed by atoms with van der Waals surface area (Å²) in [6.45, 7) is 10.6. The van der Waals surface area contributed by atoms with Crippen LogP contribution in [0.5, 0.6) is 5.75 Å². The monoisotopic (exact) mass is 901 g/mol. The molecule has 14 nitrogen and oxygen atoms in total. The Morgan fingerprint density at radius 1 is 0.892 bits per heavy atom. The molecule has 1 aromatic heterocycles. The van der Waals surface area contributed by atoms with Crippen LogP contribution in [-0.2, 0) is 30.5 Å². The van der Waals surface area contributed by atoms with Crippen LogP contribution in [0.25, 0.3) is 22.5 Å². The van der Waals surface area contributed by atoms with Gasteiger partial charge in [0.05, 0.1) is 23.4 Å². The smallest absolute Gasteiger partial charge is 0.249 e. The van der Waals surface area contributed by atoms with Crippen molar-refractivity contribution in [2.45, 2.75) is 84.5 Å². The highest BCUT2D eigenvalue weighted by Crippen LogP contribution is 2.28. The van der Waals surface area contributed by atoms with Gasteiger partial charge in [-0.25, -0.2) is 4.98 Å². The second kappa shape index (κ2) is 21.8. The van der Waals surface area contributed by atoms with E-state index < -0.39 is 28.9 Å². The molecule has 2 heterocycles. The number of hydrogen-bond donors (Lipinski definition) is 4. The van der Waals surface area contributed by atoms with Crippen LogP contribution >= 0.6 is 11.6 Å². The Morgan fingerprint density at radius 2 is 1.55 bits per heavy atom. The lowest BCUT2D eigenvalue weighted by molar-refractivity contribution is -0.144. The van der Waals surface area contributed by atoms with Crippen molar-refractivity contribution < 1.29 is 33.1 Å². The molecule has 2 atom stereocenters. The van der Waals surface area contributed by atoms with Crippen molar-refractivity contribution in [1.82, 2.24) is 20.5 Å². The molecular formula is C50H56ClN7O7. The average Bonchev–Trinajstić information content (AvgIpc) is 4.01. The van der Waals surface area contributed by atoms with Crippen molar-refractivity contribution in [1.29, 1.82) is 5.26 Å². The highest BCUT2D eigenvalue weighted by atomic mass is 35.5. The molecular weight excluding hydrogens is 846 g/mol. The number of nitrogens with zero attached hydrogens (tertiary/aromatic N) is 3. The fourth-order valence-electron chi connectivity index (χ4n) is 7.31. The summed E-state index contributed by atoms with van der Waals surface area (Å²) in [6.07, 6.45) is 5.64. The van der Waals surface area contributed by atoms with Crippen LogP contribution in [0.2, 0.25) is 5.02 Å². The third kappa shape index (κ3) is 13.2. The number of benzene rings is 4. The number of unbranched alkanes of at least 4 members (excludes halogenated alkanes) is 1. The number of amides is 4. The molecule has 15 heteroatoms. The van der Waals surface area contributed by atoms with Gasteiger partial charge in [0.15, 0.2) is 12.2 Å². The van der Waals surface area contributed by atoms with E-state index >= 15 is 0 Å². The van der Waals surface area contributed by atoms with E-state index in [0.717, 1.165) is 33.7 Å². The summed E-state index contributed by atoms with van der Waals surface area (Å²) in [5, 5.41) is 21.4. The summed E-state index contributed by atoms with van der Waals surface area (Å²) in [7, 11) is 0. The first-order valence-corrected chi connectivity index (χ1v) is 22.0. The van der Waals surface area contributed by atoms with Gasteiger partial charge in [0, 0.05) is 36.6 Å². The van der Waals surface area contributed by atoms with Crippen molar-refractivity contribution >= 4 is 46.6 Å². The Balaban J connectivity index is 0.878. The molecule has 5 aromatic rings. The molecule has 1 saturated heterocycles. The molecule has 1 aliphatic rings. The maximum atomic E-state index is 13.9. The predicted octanol–water partition coefficient (Wildman–Crippen LogP) is 8.38. The highest BCUT2D eigenvalue weighted by molar-refractivity contribution is 6.32. The Kier molecular flexibility index (Phi) is 16.0. The molecule has 4 amide bonds. The molecule has 340 valence electrons. The number of hydrogen-bond acceptors (Lipinski definition) is 10. The third-order valence-electron chi connectivity index (χ3n) is 11.0. The topological polar surface area (TPSA) is 188 Å². The number of halogens is 1. The van der Waals surface area contributed by atoms with Crippen LogP contribution in [0.4, 0.5) is 11.4 Å². The molecule has 0 aliphatic carbocycles. The van der Waals surface area contributed by atoms with E-state index in [1.165, 1.54) is 6.39 Å². The van der Waals surface area contributed by atoms with E-state index in [1.54, 1.807) is 43.1 Å². The number of anilines is 2. The summed E-state index contributed by atoms with van der Waals surface area (Å²) in [4.78, 5) is 58.8. The van der Waals surface area contributed by atoms with Gasteiger partial charge in [0.1, 0.15) is 36.0 Å². The van der Waals surface area contributed by atoms with Crippen molar-refractivity contribution in [3.63, 3.8) is 0 Å². The molecule has 0 spiro atoms. The number of oxazole rings is 1. The summed E-state index contributed by atoms with van der Waals surface area (Å²) in [5.41, 5.74) is 3.85. The highest BCUT2D eigenvalue weighted by Gasteiger charge is 2.42. The van der Waals surface area contributed by atoms with Crippen LogP contribution in [0.3, 0.4) is 0 Å². The van der Waals surface area contributed by atoms with Crippen molar-refractivity contribution in [3.8, 4) is 34.3 Å². The zero-order valence-corrected chi connectivity index (χ0v) is 38.2. The molecule has 0 radical (unpaired) electrons. The van der Waals surface area contributed by atoms with Gasteiger partial charge in [-0.05, 0) is 104 Å². The van der Waals surface area contributed by atoms with Crippen LogP contribution in [0.1, 0.15) is 71.4 Å². The van der Waals surface area contributed by atoms with Crippen LogP contribution in [-0.4, -0.2) is 77.5 Å².